The van der Waals surface area contributed by atoms with Gasteiger partial charge in [0.15, 0.2) is 0 Å². The van der Waals surface area contributed by atoms with Crippen molar-refractivity contribution in [2.24, 2.45) is 11.8 Å². The van der Waals surface area contributed by atoms with Crippen LogP contribution in [0.1, 0.15) is 84.5 Å². The Labute approximate surface area is 115 Å². The second kappa shape index (κ2) is 9.83. The lowest BCUT2D eigenvalue weighted by atomic mass is 9.76. The molecule has 3 atom stereocenters. The first-order valence-electron chi connectivity index (χ1n) is 8.49. The van der Waals surface area contributed by atoms with Crippen molar-refractivity contribution >= 4 is 0 Å². The number of hydrogen-bond donors (Lipinski definition) is 1. The third-order valence-corrected chi connectivity index (χ3v) is 4.96. The molecule has 0 aromatic rings. The van der Waals surface area contributed by atoms with Crippen molar-refractivity contribution in [1.29, 1.82) is 0 Å². The lowest BCUT2D eigenvalue weighted by molar-refractivity contribution is 0.205. The minimum Gasteiger partial charge on any atom is -0.317 e. The molecule has 18 heavy (non-hydrogen) atoms. The van der Waals surface area contributed by atoms with Gasteiger partial charge in [0.25, 0.3) is 0 Å². The highest BCUT2D eigenvalue weighted by molar-refractivity contribution is 4.81. The minimum atomic E-state index is 0.793. The molecule has 0 bridgehead atoms. The van der Waals surface area contributed by atoms with Crippen LogP contribution in [0.2, 0.25) is 0 Å². The Hall–Kier alpha value is -0.0400. The van der Waals surface area contributed by atoms with Gasteiger partial charge in [0.05, 0.1) is 0 Å². The molecular weight excluding hydrogens is 218 g/mol. The van der Waals surface area contributed by atoms with Crippen LogP contribution >= 0.6 is 0 Å². The molecule has 1 nitrogen and oxygen atoms in total. The standard InChI is InChI=1S/C17H35N/c1-4-6-7-8-9-13-17(18-3)16-12-10-11-15(5-2)14-16/h15-18H,4-14H2,1-3H3. The van der Waals surface area contributed by atoms with E-state index >= 15 is 0 Å². The van der Waals surface area contributed by atoms with Gasteiger partial charge in [-0.3, -0.25) is 0 Å². The molecule has 1 rings (SSSR count). The summed E-state index contributed by atoms with van der Waals surface area (Å²) in [7, 11) is 2.17. The molecule has 1 aliphatic carbocycles. The van der Waals surface area contributed by atoms with E-state index in [-0.39, 0.29) is 0 Å². The van der Waals surface area contributed by atoms with Gasteiger partial charge >= 0.3 is 0 Å². The Morgan fingerprint density at radius 3 is 2.50 bits per heavy atom. The minimum absolute atomic E-state index is 0.793. The molecule has 0 aromatic carbocycles. The average molecular weight is 253 g/mol. The molecule has 1 aliphatic rings. The summed E-state index contributed by atoms with van der Waals surface area (Å²) in [4.78, 5) is 0. The summed E-state index contributed by atoms with van der Waals surface area (Å²) in [5, 5.41) is 3.61. The molecule has 108 valence electrons. The normalized spacial score (nSPS) is 26.2. The van der Waals surface area contributed by atoms with Gasteiger partial charge in [-0.05, 0) is 38.1 Å². The molecule has 3 unspecified atom stereocenters. The fourth-order valence-corrected chi connectivity index (χ4v) is 3.65. The molecule has 0 saturated heterocycles. The van der Waals surface area contributed by atoms with Gasteiger partial charge in [-0.15, -0.1) is 0 Å². The molecule has 0 aromatic heterocycles. The van der Waals surface area contributed by atoms with Gasteiger partial charge in [-0.1, -0.05) is 65.2 Å². The van der Waals surface area contributed by atoms with Gasteiger partial charge in [-0.2, -0.15) is 0 Å². The lowest BCUT2D eigenvalue weighted by Gasteiger charge is -2.34. The third-order valence-electron chi connectivity index (χ3n) is 4.96. The van der Waals surface area contributed by atoms with E-state index in [1.807, 2.05) is 0 Å². The average Bonchev–Trinajstić information content (AvgIpc) is 2.43. The first-order valence-corrected chi connectivity index (χ1v) is 8.49. The van der Waals surface area contributed by atoms with Crippen LogP contribution in [-0.2, 0) is 0 Å². The second-order valence-corrected chi connectivity index (χ2v) is 6.30. The largest absolute Gasteiger partial charge is 0.317 e. The zero-order valence-corrected chi connectivity index (χ0v) is 13.0. The van der Waals surface area contributed by atoms with E-state index in [9.17, 15) is 0 Å². The molecule has 1 saturated carbocycles. The summed E-state index contributed by atoms with van der Waals surface area (Å²) in [5.41, 5.74) is 0. The van der Waals surface area contributed by atoms with Crippen molar-refractivity contribution in [1.82, 2.24) is 5.32 Å². The highest BCUT2D eigenvalue weighted by Gasteiger charge is 2.26. The maximum Gasteiger partial charge on any atom is 0.00924 e. The topological polar surface area (TPSA) is 12.0 Å². The number of unbranched alkanes of at least 4 members (excludes halogenated alkanes) is 4. The van der Waals surface area contributed by atoms with Crippen LogP contribution in [0.5, 0.6) is 0 Å². The highest BCUT2D eigenvalue weighted by atomic mass is 14.9. The van der Waals surface area contributed by atoms with Crippen LogP contribution in [0.3, 0.4) is 0 Å². The van der Waals surface area contributed by atoms with Crippen LogP contribution < -0.4 is 5.32 Å². The maximum absolute atomic E-state index is 3.61. The van der Waals surface area contributed by atoms with Crippen LogP contribution in [0.15, 0.2) is 0 Å². The Morgan fingerprint density at radius 2 is 1.83 bits per heavy atom. The zero-order chi connectivity index (χ0) is 13.2. The summed E-state index contributed by atoms with van der Waals surface area (Å²) in [6.45, 7) is 4.66. The molecule has 0 amide bonds. The van der Waals surface area contributed by atoms with E-state index in [2.05, 4.69) is 26.2 Å². The molecule has 0 aliphatic heterocycles. The number of nitrogens with one attached hydrogen (secondary N) is 1. The molecule has 1 N–H and O–H groups in total. The Morgan fingerprint density at radius 1 is 1.06 bits per heavy atom. The van der Waals surface area contributed by atoms with Gasteiger partial charge in [0, 0.05) is 6.04 Å². The molecule has 1 heteroatoms. The van der Waals surface area contributed by atoms with Gasteiger partial charge in [0.2, 0.25) is 0 Å². The predicted molar refractivity (Wildman–Crippen MR) is 82.0 cm³/mol. The predicted octanol–water partition coefficient (Wildman–Crippen LogP) is 5.15. The van der Waals surface area contributed by atoms with E-state index in [0.717, 1.165) is 17.9 Å². The fraction of sp³-hybridized carbons (Fsp3) is 1.00. The number of hydrogen-bond acceptors (Lipinski definition) is 1. The first-order chi connectivity index (χ1) is 8.81. The third kappa shape index (κ3) is 5.73. The first kappa shape index (κ1) is 16.0. The summed E-state index contributed by atoms with van der Waals surface area (Å²) in [6, 6.07) is 0.793. The van der Waals surface area contributed by atoms with E-state index in [0.29, 0.717) is 0 Å². The van der Waals surface area contributed by atoms with Crippen molar-refractivity contribution in [3.8, 4) is 0 Å². The quantitative estimate of drug-likeness (QED) is 0.560. The van der Waals surface area contributed by atoms with Gasteiger partial charge in [0.1, 0.15) is 0 Å². The Balaban J connectivity index is 2.22. The second-order valence-electron chi connectivity index (χ2n) is 6.30. The number of rotatable bonds is 9. The molecule has 1 fully saturated rings. The molecular formula is C17H35N. The van der Waals surface area contributed by atoms with Crippen molar-refractivity contribution in [2.75, 3.05) is 7.05 Å². The van der Waals surface area contributed by atoms with Crippen molar-refractivity contribution < 1.29 is 0 Å². The smallest absolute Gasteiger partial charge is 0.00924 e. The lowest BCUT2D eigenvalue weighted by Crippen LogP contribution is -2.36. The van der Waals surface area contributed by atoms with Crippen LogP contribution in [-0.4, -0.2) is 13.1 Å². The molecule has 0 heterocycles. The van der Waals surface area contributed by atoms with E-state index < -0.39 is 0 Å². The van der Waals surface area contributed by atoms with Crippen molar-refractivity contribution in [3.05, 3.63) is 0 Å². The summed E-state index contributed by atoms with van der Waals surface area (Å²) in [5.74, 6) is 1.97. The Kier molecular flexibility index (Phi) is 8.75. The molecule has 0 spiro atoms. The SMILES string of the molecule is CCCCCCCC(NC)C1CCCC(CC)C1. The maximum atomic E-state index is 3.61. The highest BCUT2D eigenvalue weighted by Crippen LogP contribution is 2.34. The summed E-state index contributed by atoms with van der Waals surface area (Å²) < 4.78 is 0. The molecule has 0 radical (unpaired) electrons. The van der Waals surface area contributed by atoms with Crippen LogP contribution in [0.25, 0.3) is 0 Å². The zero-order valence-electron chi connectivity index (χ0n) is 13.0. The summed E-state index contributed by atoms with van der Waals surface area (Å²) >= 11 is 0. The van der Waals surface area contributed by atoms with Gasteiger partial charge in [-0.25, -0.2) is 0 Å². The monoisotopic (exact) mass is 253 g/mol. The summed E-state index contributed by atoms with van der Waals surface area (Å²) in [6.07, 6.45) is 15.8. The van der Waals surface area contributed by atoms with Crippen molar-refractivity contribution in [3.63, 3.8) is 0 Å². The van der Waals surface area contributed by atoms with Crippen LogP contribution in [0, 0.1) is 11.8 Å². The Bertz CT molecular complexity index is 190. The van der Waals surface area contributed by atoms with Crippen molar-refractivity contribution in [2.45, 2.75) is 90.5 Å². The van der Waals surface area contributed by atoms with E-state index in [4.69, 9.17) is 0 Å². The van der Waals surface area contributed by atoms with E-state index in [1.165, 1.54) is 70.6 Å². The van der Waals surface area contributed by atoms with Crippen LogP contribution in [0.4, 0.5) is 0 Å². The fourth-order valence-electron chi connectivity index (χ4n) is 3.65. The van der Waals surface area contributed by atoms with E-state index in [1.54, 1.807) is 0 Å². The van der Waals surface area contributed by atoms with Gasteiger partial charge < -0.3 is 5.32 Å².